The molecular formula is C9H20N4. The monoisotopic (exact) mass is 184 g/mol. The van der Waals surface area contributed by atoms with E-state index in [1.165, 1.54) is 0 Å². The zero-order valence-corrected chi connectivity index (χ0v) is 8.80. The lowest BCUT2D eigenvalue weighted by molar-refractivity contribution is 0.349. The van der Waals surface area contributed by atoms with E-state index < -0.39 is 0 Å². The maximum Gasteiger partial charge on any atom is 0.191 e. The van der Waals surface area contributed by atoms with Crippen LogP contribution in [0.25, 0.3) is 0 Å². The second kappa shape index (κ2) is 3.96. The van der Waals surface area contributed by atoms with E-state index in [1.807, 2.05) is 0 Å². The van der Waals surface area contributed by atoms with Crippen LogP contribution in [0, 0.1) is 0 Å². The Morgan fingerprint density at radius 3 is 2.31 bits per heavy atom. The van der Waals surface area contributed by atoms with E-state index in [0.717, 1.165) is 26.2 Å². The molecular weight excluding hydrogens is 164 g/mol. The summed E-state index contributed by atoms with van der Waals surface area (Å²) in [5.74, 6) is 0.675. The van der Waals surface area contributed by atoms with Crippen LogP contribution in [0.2, 0.25) is 0 Å². The van der Waals surface area contributed by atoms with Crippen LogP contribution in [0.15, 0.2) is 4.99 Å². The van der Waals surface area contributed by atoms with Crippen LogP contribution in [-0.2, 0) is 0 Å². The van der Waals surface area contributed by atoms with Crippen molar-refractivity contribution in [2.24, 2.45) is 10.7 Å². The zero-order chi connectivity index (χ0) is 9.90. The van der Waals surface area contributed by atoms with Crippen LogP contribution in [0.4, 0.5) is 0 Å². The molecule has 0 spiro atoms. The highest BCUT2D eigenvalue weighted by Gasteiger charge is 2.14. The Morgan fingerprint density at radius 2 is 1.85 bits per heavy atom. The maximum atomic E-state index is 5.88. The van der Waals surface area contributed by atoms with Crippen molar-refractivity contribution >= 4 is 5.96 Å². The Labute approximate surface area is 80.2 Å². The SMILES string of the molecule is CC(C)(C)N=C(N)N1CCNCC1. The minimum Gasteiger partial charge on any atom is -0.370 e. The fraction of sp³-hybridized carbons (Fsp3) is 0.889. The van der Waals surface area contributed by atoms with Gasteiger partial charge in [-0.25, -0.2) is 4.99 Å². The van der Waals surface area contributed by atoms with Gasteiger partial charge in [-0.1, -0.05) is 0 Å². The largest absolute Gasteiger partial charge is 0.370 e. The van der Waals surface area contributed by atoms with E-state index in [9.17, 15) is 0 Å². The number of piperazine rings is 1. The molecule has 0 aliphatic carbocycles. The lowest BCUT2D eigenvalue weighted by atomic mass is 10.1. The molecule has 0 bridgehead atoms. The van der Waals surface area contributed by atoms with E-state index in [0.29, 0.717) is 5.96 Å². The molecule has 13 heavy (non-hydrogen) atoms. The van der Waals surface area contributed by atoms with E-state index in [-0.39, 0.29) is 5.54 Å². The Kier molecular flexibility index (Phi) is 3.14. The molecule has 1 saturated heterocycles. The van der Waals surface area contributed by atoms with Crippen LogP contribution in [0.1, 0.15) is 20.8 Å². The summed E-state index contributed by atoms with van der Waals surface area (Å²) in [6.07, 6.45) is 0. The highest BCUT2D eigenvalue weighted by atomic mass is 15.3. The molecule has 1 rings (SSSR count). The molecule has 4 heteroatoms. The molecule has 0 saturated carbocycles. The quantitative estimate of drug-likeness (QED) is 0.412. The molecule has 0 aromatic heterocycles. The first kappa shape index (κ1) is 10.3. The molecule has 0 amide bonds. The van der Waals surface area contributed by atoms with Gasteiger partial charge in [-0.2, -0.15) is 0 Å². The van der Waals surface area contributed by atoms with Crippen molar-refractivity contribution in [2.75, 3.05) is 26.2 Å². The van der Waals surface area contributed by atoms with Crippen LogP contribution in [0.3, 0.4) is 0 Å². The minimum absolute atomic E-state index is 0.0744. The minimum atomic E-state index is -0.0744. The smallest absolute Gasteiger partial charge is 0.191 e. The van der Waals surface area contributed by atoms with Gasteiger partial charge in [0.1, 0.15) is 0 Å². The first-order chi connectivity index (χ1) is 5.99. The lowest BCUT2D eigenvalue weighted by Crippen LogP contribution is -2.50. The van der Waals surface area contributed by atoms with Crippen LogP contribution in [0.5, 0.6) is 0 Å². The van der Waals surface area contributed by atoms with E-state index in [4.69, 9.17) is 5.73 Å². The summed E-state index contributed by atoms with van der Waals surface area (Å²) in [5, 5.41) is 3.28. The number of rotatable bonds is 0. The number of aliphatic imine (C=N–C) groups is 1. The molecule has 0 atom stereocenters. The van der Waals surface area contributed by atoms with Gasteiger partial charge in [0.05, 0.1) is 5.54 Å². The van der Waals surface area contributed by atoms with Crippen molar-refractivity contribution in [3.8, 4) is 0 Å². The summed E-state index contributed by atoms with van der Waals surface area (Å²) in [6.45, 7) is 10.1. The summed E-state index contributed by atoms with van der Waals surface area (Å²) < 4.78 is 0. The van der Waals surface area contributed by atoms with Gasteiger partial charge in [-0.3, -0.25) is 0 Å². The Hall–Kier alpha value is -0.770. The van der Waals surface area contributed by atoms with E-state index in [2.05, 4.69) is 36.0 Å². The number of nitrogens with zero attached hydrogens (tertiary/aromatic N) is 2. The Morgan fingerprint density at radius 1 is 1.31 bits per heavy atom. The number of nitrogens with two attached hydrogens (primary N) is 1. The predicted octanol–water partition coefficient (Wildman–Crippen LogP) is 0.00480. The molecule has 3 N–H and O–H groups in total. The second-order valence-corrected chi connectivity index (χ2v) is 4.38. The molecule has 0 radical (unpaired) electrons. The fourth-order valence-corrected chi connectivity index (χ4v) is 1.31. The van der Waals surface area contributed by atoms with Gasteiger partial charge in [-0.05, 0) is 20.8 Å². The van der Waals surface area contributed by atoms with Gasteiger partial charge in [0, 0.05) is 26.2 Å². The van der Waals surface area contributed by atoms with Crippen molar-refractivity contribution in [2.45, 2.75) is 26.3 Å². The summed E-state index contributed by atoms with van der Waals surface area (Å²) in [7, 11) is 0. The van der Waals surface area contributed by atoms with Crippen molar-refractivity contribution in [1.82, 2.24) is 10.2 Å². The van der Waals surface area contributed by atoms with Crippen LogP contribution in [-0.4, -0.2) is 42.6 Å². The first-order valence-corrected chi connectivity index (χ1v) is 4.80. The van der Waals surface area contributed by atoms with Crippen molar-refractivity contribution in [3.63, 3.8) is 0 Å². The normalized spacial score (nSPS) is 20.5. The standard InChI is InChI=1S/C9H20N4/c1-9(2,3)12-8(10)13-6-4-11-5-7-13/h11H,4-7H2,1-3H3,(H2,10,12). The zero-order valence-electron chi connectivity index (χ0n) is 8.80. The molecule has 0 aromatic carbocycles. The van der Waals surface area contributed by atoms with Gasteiger partial charge in [0.25, 0.3) is 0 Å². The molecule has 0 aromatic rings. The predicted molar refractivity (Wildman–Crippen MR) is 55.8 cm³/mol. The molecule has 4 nitrogen and oxygen atoms in total. The Balaban J connectivity index is 2.54. The average Bonchev–Trinajstić information content (AvgIpc) is 2.03. The number of hydrogen-bond acceptors (Lipinski definition) is 2. The van der Waals surface area contributed by atoms with Gasteiger partial charge < -0.3 is 16.0 Å². The summed E-state index contributed by atoms with van der Waals surface area (Å²) in [5.41, 5.74) is 5.81. The molecule has 1 aliphatic rings. The van der Waals surface area contributed by atoms with Crippen LogP contribution >= 0.6 is 0 Å². The van der Waals surface area contributed by atoms with E-state index in [1.54, 1.807) is 0 Å². The highest BCUT2D eigenvalue weighted by molar-refractivity contribution is 5.78. The molecule has 1 fully saturated rings. The fourth-order valence-electron chi connectivity index (χ4n) is 1.31. The van der Waals surface area contributed by atoms with Crippen molar-refractivity contribution in [1.29, 1.82) is 0 Å². The second-order valence-electron chi connectivity index (χ2n) is 4.38. The highest BCUT2D eigenvalue weighted by Crippen LogP contribution is 2.07. The van der Waals surface area contributed by atoms with Gasteiger partial charge in [0.15, 0.2) is 5.96 Å². The summed E-state index contributed by atoms with van der Waals surface area (Å²) in [4.78, 5) is 6.55. The summed E-state index contributed by atoms with van der Waals surface area (Å²) >= 11 is 0. The number of nitrogens with one attached hydrogen (secondary N) is 1. The van der Waals surface area contributed by atoms with Gasteiger partial charge in [0.2, 0.25) is 0 Å². The summed E-state index contributed by atoms with van der Waals surface area (Å²) in [6, 6.07) is 0. The average molecular weight is 184 g/mol. The van der Waals surface area contributed by atoms with Crippen molar-refractivity contribution in [3.05, 3.63) is 0 Å². The van der Waals surface area contributed by atoms with Crippen molar-refractivity contribution < 1.29 is 0 Å². The third-order valence-corrected chi connectivity index (χ3v) is 1.89. The molecule has 1 heterocycles. The molecule has 0 unspecified atom stereocenters. The van der Waals surface area contributed by atoms with Crippen LogP contribution < -0.4 is 11.1 Å². The molecule has 76 valence electrons. The molecule has 1 aliphatic heterocycles. The number of guanidine groups is 1. The lowest BCUT2D eigenvalue weighted by Gasteiger charge is -2.29. The Bertz CT molecular complexity index is 186. The van der Waals surface area contributed by atoms with Gasteiger partial charge in [-0.15, -0.1) is 0 Å². The topological polar surface area (TPSA) is 53.6 Å². The third-order valence-electron chi connectivity index (χ3n) is 1.89. The van der Waals surface area contributed by atoms with Gasteiger partial charge >= 0.3 is 0 Å². The maximum absolute atomic E-state index is 5.88. The first-order valence-electron chi connectivity index (χ1n) is 4.80. The third kappa shape index (κ3) is 3.63. The van der Waals surface area contributed by atoms with E-state index >= 15 is 0 Å². The number of hydrogen-bond donors (Lipinski definition) is 2.